The number of nitrogens with zero attached hydrogens (tertiary/aromatic N) is 3. The maximum atomic E-state index is 12.6. The van der Waals surface area contributed by atoms with Crippen molar-refractivity contribution in [3.05, 3.63) is 192 Å². The second kappa shape index (κ2) is 19.0. The van der Waals surface area contributed by atoms with Crippen LogP contribution in [0, 0.1) is 12.9 Å². The molecule has 1 N–H and O–H groups in total. The van der Waals surface area contributed by atoms with Gasteiger partial charge in [-0.2, -0.15) is 0 Å². The van der Waals surface area contributed by atoms with Crippen LogP contribution in [0.2, 0.25) is 0 Å². The van der Waals surface area contributed by atoms with Crippen molar-refractivity contribution in [1.29, 1.82) is 0 Å². The van der Waals surface area contributed by atoms with Crippen molar-refractivity contribution in [1.82, 2.24) is 14.5 Å². The number of phenolic OH excluding ortho intramolecular Hbond substituents is 1. The minimum absolute atomic E-state index is 0. The van der Waals surface area contributed by atoms with Crippen LogP contribution in [0.3, 0.4) is 0 Å². The van der Waals surface area contributed by atoms with Gasteiger partial charge in [-0.1, -0.05) is 195 Å². The zero-order valence-corrected chi connectivity index (χ0v) is 42.5. The largest absolute Gasteiger partial charge is 0.507 e. The number of phenols is 1. The van der Waals surface area contributed by atoms with Gasteiger partial charge in [-0.25, -0.2) is 4.98 Å². The summed E-state index contributed by atoms with van der Waals surface area (Å²) in [5.74, 6) is 0.734. The predicted octanol–water partition coefficient (Wildman–Crippen LogP) is 17.1. The van der Waals surface area contributed by atoms with Crippen LogP contribution in [0.1, 0.15) is 123 Å². The van der Waals surface area contributed by atoms with Gasteiger partial charge in [0, 0.05) is 42.6 Å². The molecule has 9 rings (SSSR count). The van der Waals surface area contributed by atoms with Crippen LogP contribution < -0.4 is 0 Å². The molecule has 0 aliphatic heterocycles. The first-order valence-corrected chi connectivity index (χ1v) is 23.0. The van der Waals surface area contributed by atoms with E-state index in [0.717, 1.165) is 55.7 Å². The second-order valence-corrected chi connectivity index (χ2v) is 20.1. The second-order valence-electron chi connectivity index (χ2n) is 20.1. The minimum atomic E-state index is -2.98. The molecule has 346 valence electrons. The Morgan fingerprint density at radius 2 is 1.29 bits per heavy atom. The first-order chi connectivity index (χ1) is 36.1. The minimum Gasteiger partial charge on any atom is -0.507 e. The van der Waals surface area contributed by atoms with Crippen LogP contribution >= 0.6 is 0 Å². The molecule has 0 saturated carbocycles. The van der Waals surface area contributed by atoms with Crippen molar-refractivity contribution in [2.24, 2.45) is 0 Å². The van der Waals surface area contributed by atoms with E-state index < -0.39 is 65.8 Å². The number of hydrogen-bond donors (Lipinski definition) is 1. The zero-order valence-electron chi connectivity index (χ0n) is 50.2. The first-order valence-electron chi connectivity index (χ1n) is 28.0. The smallest absolute Gasteiger partial charge is 0.148 e. The summed E-state index contributed by atoms with van der Waals surface area (Å²) >= 11 is 0. The van der Waals surface area contributed by atoms with Gasteiger partial charge in [0.25, 0.3) is 0 Å². The van der Waals surface area contributed by atoms with Crippen molar-refractivity contribution < 1.29 is 39.9 Å². The molecule has 0 atom stereocenters. The number of pyridine rings is 1. The molecule has 0 spiro atoms. The summed E-state index contributed by atoms with van der Waals surface area (Å²) in [7, 11) is 0. The zero-order chi connectivity index (χ0) is 56.0. The fourth-order valence-corrected chi connectivity index (χ4v) is 8.75. The van der Waals surface area contributed by atoms with Crippen molar-refractivity contribution >= 4 is 11.0 Å². The Balaban J connectivity index is 0.00000803. The molecule has 0 amide bonds. The van der Waals surface area contributed by atoms with E-state index >= 15 is 0 Å². The molecule has 0 saturated heterocycles. The van der Waals surface area contributed by atoms with E-state index in [-0.39, 0.29) is 60.9 Å². The fraction of sp³-hybridized carbons (Fsp3) is 0.238. The van der Waals surface area contributed by atoms with E-state index in [4.69, 9.17) is 17.3 Å². The summed E-state index contributed by atoms with van der Waals surface area (Å²) in [6, 6.07) is 38.4. The van der Waals surface area contributed by atoms with Gasteiger partial charge in [-0.05, 0) is 104 Å². The van der Waals surface area contributed by atoms with Gasteiger partial charge < -0.3 is 5.11 Å². The van der Waals surface area contributed by atoms with Crippen molar-refractivity contribution in [2.75, 3.05) is 0 Å². The van der Waals surface area contributed by atoms with Gasteiger partial charge in [0.1, 0.15) is 11.6 Å². The van der Waals surface area contributed by atoms with E-state index in [9.17, 15) is 6.48 Å². The Bertz CT molecular complexity index is 3770. The molecule has 0 aliphatic carbocycles. The Kier molecular flexibility index (Phi) is 10.2. The molecule has 0 unspecified atom stereocenters. The van der Waals surface area contributed by atoms with Gasteiger partial charge in [0.05, 0.1) is 31.9 Å². The van der Waals surface area contributed by atoms with Crippen molar-refractivity contribution in [3.63, 3.8) is 0 Å². The summed E-state index contributed by atoms with van der Waals surface area (Å²) in [4.78, 5) is 10.1. The molecule has 68 heavy (non-hydrogen) atoms. The van der Waals surface area contributed by atoms with E-state index in [1.165, 1.54) is 0 Å². The number of hydrogen-bond acceptors (Lipinski definition) is 3. The van der Waals surface area contributed by atoms with E-state index in [1.807, 2.05) is 93.6 Å². The molecular formula is C63H62N3OPt-. The summed E-state index contributed by atoms with van der Waals surface area (Å²) < 4.78 is 88.7. The fourth-order valence-electron chi connectivity index (χ4n) is 8.75. The van der Waals surface area contributed by atoms with Gasteiger partial charge >= 0.3 is 0 Å². The molecule has 0 bridgehead atoms. The number of fused-ring (bicyclic) bond motifs is 1. The summed E-state index contributed by atoms with van der Waals surface area (Å²) in [5.41, 5.74) is 9.48. The molecule has 2 heterocycles. The molecular weight excluding hydrogens is 1010 g/mol. The van der Waals surface area contributed by atoms with Gasteiger partial charge in [0.15, 0.2) is 0 Å². The SMILES string of the molecule is [2H]c1nc(-c2[c-]c(-c3cccc4c3nc(-c3cc(C(C)C)cc(C(C)C)c3O)n4-c3cc(-c4ccccc4)c(C(C)(C)C)cc3-c3ccccc3)cc(C(C)(C)C)c2)c([2H])c(-c2c([2H])c([2H])c(C([2H])([2H])[2H])c([2H])c2[2H])c1[2H].[Pt]. The molecule has 2 aromatic heterocycles. The Hall–Kier alpha value is -6.35. The number of imidazole rings is 1. The summed E-state index contributed by atoms with van der Waals surface area (Å²) in [5, 5.41) is 12.6. The molecule has 4 nitrogen and oxygen atoms in total. The molecule has 0 aliphatic rings. The van der Waals surface area contributed by atoms with Gasteiger partial charge in [0.2, 0.25) is 0 Å². The maximum absolute atomic E-state index is 12.6. The van der Waals surface area contributed by atoms with Crippen molar-refractivity contribution in [2.45, 2.75) is 98.8 Å². The Labute approximate surface area is 432 Å². The first kappa shape index (κ1) is 36.7. The number of rotatable bonds is 9. The van der Waals surface area contributed by atoms with E-state index in [0.29, 0.717) is 28.0 Å². The molecule has 9 aromatic rings. The Morgan fingerprint density at radius 3 is 1.91 bits per heavy atom. The maximum Gasteiger partial charge on any atom is 0.148 e. The summed E-state index contributed by atoms with van der Waals surface area (Å²) in [6.07, 6.45) is -0.588. The quantitative estimate of drug-likeness (QED) is 0.147. The van der Waals surface area contributed by atoms with Crippen LogP contribution in [-0.4, -0.2) is 19.6 Å². The van der Waals surface area contributed by atoms with Crippen LogP contribution in [0.25, 0.3) is 83.9 Å². The normalized spacial score (nSPS) is 14.2. The van der Waals surface area contributed by atoms with Gasteiger partial charge in [-0.3, -0.25) is 9.55 Å². The number of para-hydroxylation sites is 1. The van der Waals surface area contributed by atoms with Crippen LogP contribution in [0.4, 0.5) is 0 Å². The van der Waals surface area contributed by atoms with Gasteiger partial charge in [-0.15, -0.1) is 29.3 Å². The number of aromatic hydroxyl groups is 1. The number of benzene rings is 7. The third-order valence-corrected chi connectivity index (χ3v) is 12.5. The average molecular weight is 1080 g/mol. The topological polar surface area (TPSA) is 50.9 Å². The van der Waals surface area contributed by atoms with E-state index in [1.54, 1.807) is 0 Å². The third kappa shape index (κ3) is 9.41. The molecule has 7 aromatic carbocycles. The molecule has 5 heteroatoms. The van der Waals surface area contributed by atoms with Crippen molar-refractivity contribution in [3.8, 4) is 78.6 Å². The van der Waals surface area contributed by atoms with E-state index in [2.05, 4.69) is 107 Å². The van der Waals surface area contributed by atoms with Crippen LogP contribution in [-0.2, 0) is 31.9 Å². The standard InChI is InChI=1S/C63H62N3O.Pt/c1-39(2)46-34-51(40(3)4)60(67)54(35-46)61-65-59-50(47-31-48(33-49(32-47)62(6,7)8)56-36-45(29-30-64-56)42-27-25-41(5)26-28-42)23-18-24-57(59)66(61)58-38-52(43-19-14-12-15-20-43)55(63(9,10)11)37-53(58)44-21-16-13-17-22-44;/h12-30,32-40,67H,1-11H3;/q-1;/i5D3,25D,26D,27D,28D,29D,30D,36D;. The van der Waals surface area contributed by atoms with Crippen LogP contribution in [0.5, 0.6) is 5.75 Å². The third-order valence-electron chi connectivity index (χ3n) is 12.5. The van der Waals surface area contributed by atoms with Crippen LogP contribution in [0.15, 0.2) is 158 Å². The molecule has 0 fully saturated rings. The number of aromatic nitrogens is 3. The molecule has 0 radical (unpaired) electrons. The Morgan fingerprint density at radius 1 is 0.632 bits per heavy atom. The monoisotopic (exact) mass is 1080 g/mol. The predicted molar refractivity (Wildman–Crippen MR) is 282 cm³/mol. The summed E-state index contributed by atoms with van der Waals surface area (Å²) in [6.45, 7) is 18.2. The average Bonchev–Trinajstić information content (AvgIpc) is 3.81.